The molecule has 4 heteroatoms. The second-order valence-corrected chi connectivity index (χ2v) is 5.63. The van der Waals surface area contributed by atoms with E-state index in [0.29, 0.717) is 18.9 Å². The highest BCUT2D eigenvalue weighted by Gasteiger charge is 2.34. The van der Waals surface area contributed by atoms with Crippen molar-refractivity contribution in [3.05, 3.63) is 35.6 Å². The van der Waals surface area contributed by atoms with Gasteiger partial charge in [0.25, 0.3) is 0 Å². The standard InChI is InChI=1S/C16H24FNO2/c1-5-20-15(19)16(4,18-11-12(2)3)10-13-6-8-14(17)9-7-13/h6-9,12,18H,5,10-11H2,1-4H3. The first-order valence-corrected chi connectivity index (χ1v) is 7.04. The Hall–Kier alpha value is -1.42. The minimum absolute atomic E-state index is 0.273. The van der Waals surface area contributed by atoms with Gasteiger partial charge in [0, 0.05) is 6.42 Å². The minimum atomic E-state index is -0.794. The molecule has 112 valence electrons. The highest BCUT2D eigenvalue weighted by Crippen LogP contribution is 2.16. The highest BCUT2D eigenvalue weighted by molar-refractivity contribution is 5.80. The molecule has 0 aromatic heterocycles. The summed E-state index contributed by atoms with van der Waals surface area (Å²) in [4.78, 5) is 12.2. The van der Waals surface area contributed by atoms with Crippen LogP contribution >= 0.6 is 0 Å². The molecule has 0 radical (unpaired) electrons. The number of ether oxygens (including phenoxy) is 1. The fourth-order valence-corrected chi connectivity index (χ4v) is 1.94. The van der Waals surface area contributed by atoms with E-state index in [9.17, 15) is 9.18 Å². The maximum absolute atomic E-state index is 12.9. The van der Waals surface area contributed by atoms with Crippen molar-refractivity contribution in [3.8, 4) is 0 Å². The van der Waals surface area contributed by atoms with Crippen molar-refractivity contribution in [3.63, 3.8) is 0 Å². The van der Waals surface area contributed by atoms with Crippen LogP contribution in [0.15, 0.2) is 24.3 Å². The summed E-state index contributed by atoms with van der Waals surface area (Å²) in [5, 5.41) is 3.27. The zero-order valence-electron chi connectivity index (χ0n) is 12.7. The van der Waals surface area contributed by atoms with E-state index in [1.165, 1.54) is 12.1 Å². The van der Waals surface area contributed by atoms with Crippen molar-refractivity contribution in [2.75, 3.05) is 13.2 Å². The van der Waals surface area contributed by atoms with Crippen molar-refractivity contribution in [2.24, 2.45) is 5.92 Å². The summed E-state index contributed by atoms with van der Waals surface area (Å²) >= 11 is 0. The summed E-state index contributed by atoms with van der Waals surface area (Å²) in [6.45, 7) is 8.85. The van der Waals surface area contributed by atoms with Crippen LogP contribution in [0.2, 0.25) is 0 Å². The molecule has 1 aromatic carbocycles. The van der Waals surface area contributed by atoms with Crippen molar-refractivity contribution in [1.82, 2.24) is 5.32 Å². The first kappa shape index (κ1) is 16.6. The summed E-state index contributed by atoms with van der Waals surface area (Å²) in [6.07, 6.45) is 0.471. The lowest BCUT2D eigenvalue weighted by Gasteiger charge is -2.29. The van der Waals surface area contributed by atoms with Crippen molar-refractivity contribution in [2.45, 2.75) is 39.7 Å². The van der Waals surface area contributed by atoms with Crippen LogP contribution in [0.3, 0.4) is 0 Å². The molecular weight excluding hydrogens is 257 g/mol. The maximum Gasteiger partial charge on any atom is 0.326 e. The van der Waals surface area contributed by atoms with Gasteiger partial charge in [-0.05, 0) is 44.0 Å². The van der Waals surface area contributed by atoms with Gasteiger partial charge in [0.2, 0.25) is 0 Å². The average Bonchev–Trinajstić information content (AvgIpc) is 2.39. The second kappa shape index (κ2) is 7.39. The molecule has 0 bridgehead atoms. The third kappa shape index (κ3) is 4.93. The predicted octanol–water partition coefficient (Wildman–Crippen LogP) is 2.94. The Kier molecular flexibility index (Phi) is 6.14. The fourth-order valence-electron chi connectivity index (χ4n) is 1.94. The molecular formula is C16H24FNO2. The van der Waals surface area contributed by atoms with Crippen LogP contribution in [-0.4, -0.2) is 24.7 Å². The molecule has 1 aromatic rings. The lowest BCUT2D eigenvalue weighted by Crippen LogP contribution is -2.53. The number of hydrogen-bond acceptors (Lipinski definition) is 3. The highest BCUT2D eigenvalue weighted by atomic mass is 19.1. The third-order valence-corrected chi connectivity index (χ3v) is 3.10. The van der Waals surface area contributed by atoms with Gasteiger partial charge < -0.3 is 10.1 Å². The number of benzene rings is 1. The molecule has 0 saturated heterocycles. The maximum atomic E-state index is 12.9. The molecule has 1 atom stereocenters. The number of nitrogens with one attached hydrogen (secondary N) is 1. The van der Waals surface area contributed by atoms with E-state index in [2.05, 4.69) is 19.2 Å². The Labute approximate surface area is 120 Å². The number of hydrogen-bond donors (Lipinski definition) is 1. The molecule has 0 aliphatic carbocycles. The number of carbonyl (C=O) groups excluding carboxylic acids is 1. The van der Waals surface area contributed by atoms with Gasteiger partial charge in [0.05, 0.1) is 6.61 Å². The zero-order chi connectivity index (χ0) is 15.2. The van der Waals surface area contributed by atoms with Crippen molar-refractivity contribution in [1.29, 1.82) is 0 Å². The van der Waals surface area contributed by atoms with E-state index in [4.69, 9.17) is 4.74 Å². The molecule has 1 unspecified atom stereocenters. The van der Waals surface area contributed by atoms with Crippen LogP contribution in [0, 0.1) is 11.7 Å². The van der Waals surface area contributed by atoms with Crippen LogP contribution in [0.4, 0.5) is 4.39 Å². The molecule has 0 amide bonds. The monoisotopic (exact) mass is 281 g/mol. The molecule has 0 saturated carbocycles. The number of carbonyl (C=O) groups is 1. The largest absolute Gasteiger partial charge is 0.465 e. The van der Waals surface area contributed by atoms with E-state index in [1.807, 2.05) is 6.92 Å². The summed E-state index contributed by atoms with van der Waals surface area (Å²) in [5.74, 6) is -0.122. The quantitative estimate of drug-likeness (QED) is 0.781. The molecule has 0 aliphatic rings. The van der Waals surface area contributed by atoms with E-state index >= 15 is 0 Å². The molecule has 1 rings (SSSR count). The van der Waals surface area contributed by atoms with Crippen LogP contribution in [0.25, 0.3) is 0 Å². The van der Waals surface area contributed by atoms with Gasteiger partial charge in [0.15, 0.2) is 0 Å². The average molecular weight is 281 g/mol. The van der Waals surface area contributed by atoms with Crippen LogP contribution in [0.1, 0.15) is 33.3 Å². The lowest BCUT2D eigenvalue weighted by molar-refractivity contribution is -0.150. The van der Waals surface area contributed by atoms with Gasteiger partial charge in [-0.2, -0.15) is 0 Å². The summed E-state index contributed by atoms with van der Waals surface area (Å²) in [6, 6.07) is 6.21. The normalized spacial score (nSPS) is 14.1. The first-order valence-electron chi connectivity index (χ1n) is 7.04. The van der Waals surface area contributed by atoms with Crippen LogP contribution < -0.4 is 5.32 Å². The number of halogens is 1. The SMILES string of the molecule is CCOC(=O)C(C)(Cc1ccc(F)cc1)NCC(C)C. The van der Waals surface area contributed by atoms with E-state index in [0.717, 1.165) is 12.1 Å². The van der Waals surface area contributed by atoms with Crippen molar-refractivity contribution < 1.29 is 13.9 Å². The Bertz CT molecular complexity index is 431. The van der Waals surface area contributed by atoms with E-state index < -0.39 is 5.54 Å². The molecule has 0 aliphatic heterocycles. The Balaban J connectivity index is 2.85. The second-order valence-electron chi connectivity index (χ2n) is 5.63. The summed E-state index contributed by atoms with van der Waals surface area (Å²) in [7, 11) is 0. The van der Waals surface area contributed by atoms with Gasteiger partial charge in [-0.3, -0.25) is 4.79 Å². The fraction of sp³-hybridized carbons (Fsp3) is 0.562. The van der Waals surface area contributed by atoms with Gasteiger partial charge in [0.1, 0.15) is 11.4 Å². The number of esters is 1. The van der Waals surface area contributed by atoms with Gasteiger partial charge >= 0.3 is 5.97 Å². The molecule has 3 nitrogen and oxygen atoms in total. The Morgan fingerprint density at radius 1 is 1.35 bits per heavy atom. The topological polar surface area (TPSA) is 38.3 Å². The molecule has 0 heterocycles. The van der Waals surface area contributed by atoms with E-state index in [-0.39, 0.29) is 11.8 Å². The van der Waals surface area contributed by atoms with Crippen LogP contribution in [-0.2, 0) is 16.0 Å². The lowest BCUT2D eigenvalue weighted by atomic mass is 9.92. The first-order chi connectivity index (χ1) is 9.37. The predicted molar refractivity (Wildman–Crippen MR) is 78.0 cm³/mol. The van der Waals surface area contributed by atoms with Crippen molar-refractivity contribution >= 4 is 5.97 Å². The zero-order valence-corrected chi connectivity index (χ0v) is 12.7. The van der Waals surface area contributed by atoms with Gasteiger partial charge in [-0.15, -0.1) is 0 Å². The smallest absolute Gasteiger partial charge is 0.326 e. The minimum Gasteiger partial charge on any atom is -0.465 e. The summed E-state index contributed by atoms with van der Waals surface area (Å²) in [5.41, 5.74) is 0.108. The third-order valence-electron chi connectivity index (χ3n) is 3.10. The Morgan fingerprint density at radius 3 is 2.45 bits per heavy atom. The molecule has 0 spiro atoms. The Morgan fingerprint density at radius 2 is 1.95 bits per heavy atom. The van der Waals surface area contributed by atoms with Crippen LogP contribution in [0.5, 0.6) is 0 Å². The number of rotatable bonds is 7. The summed E-state index contributed by atoms with van der Waals surface area (Å²) < 4.78 is 18.1. The van der Waals surface area contributed by atoms with Gasteiger partial charge in [-0.25, -0.2) is 4.39 Å². The molecule has 20 heavy (non-hydrogen) atoms. The molecule has 1 N–H and O–H groups in total. The molecule has 0 fully saturated rings. The van der Waals surface area contributed by atoms with E-state index in [1.54, 1.807) is 19.1 Å². The van der Waals surface area contributed by atoms with Gasteiger partial charge in [-0.1, -0.05) is 26.0 Å².